The van der Waals surface area contributed by atoms with E-state index in [9.17, 15) is 4.79 Å². The van der Waals surface area contributed by atoms with Gasteiger partial charge in [0.25, 0.3) is 5.56 Å². The van der Waals surface area contributed by atoms with Crippen molar-refractivity contribution < 1.29 is 4.74 Å². The summed E-state index contributed by atoms with van der Waals surface area (Å²) in [5.74, 6) is 1.44. The van der Waals surface area contributed by atoms with Gasteiger partial charge in [0.1, 0.15) is 0 Å². The SMILES string of the molecule is O=c1cc(CSc2nnc(-c3cccs3)n2C[C@H]2CCCO2)nc2sccn12. The van der Waals surface area contributed by atoms with E-state index in [1.54, 1.807) is 39.8 Å². The van der Waals surface area contributed by atoms with Gasteiger partial charge in [0.2, 0.25) is 0 Å². The maximum absolute atomic E-state index is 12.2. The van der Waals surface area contributed by atoms with E-state index >= 15 is 0 Å². The highest BCUT2D eigenvalue weighted by Crippen LogP contribution is 2.30. The van der Waals surface area contributed by atoms with E-state index in [1.807, 2.05) is 16.8 Å². The van der Waals surface area contributed by atoms with Crippen LogP contribution >= 0.6 is 34.4 Å². The van der Waals surface area contributed by atoms with Gasteiger partial charge in [0.15, 0.2) is 15.9 Å². The normalized spacial score (nSPS) is 16.9. The second-order valence-corrected chi connectivity index (χ2v) is 9.22. The Morgan fingerprint density at radius 1 is 1.29 bits per heavy atom. The zero-order chi connectivity index (χ0) is 18.9. The van der Waals surface area contributed by atoms with E-state index < -0.39 is 0 Å². The Kier molecular flexibility index (Phi) is 5.02. The number of rotatable bonds is 6. The third-order valence-electron chi connectivity index (χ3n) is 4.57. The first kappa shape index (κ1) is 18.0. The van der Waals surface area contributed by atoms with Crippen molar-refractivity contribution in [2.24, 2.45) is 0 Å². The molecule has 4 aromatic rings. The molecule has 5 rings (SSSR count). The Bertz CT molecular complexity index is 1140. The van der Waals surface area contributed by atoms with Crippen molar-refractivity contribution in [3.8, 4) is 10.7 Å². The molecule has 0 bridgehead atoms. The van der Waals surface area contributed by atoms with Gasteiger partial charge in [0, 0.05) is 30.0 Å². The van der Waals surface area contributed by atoms with Crippen LogP contribution in [0.2, 0.25) is 0 Å². The number of thioether (sulfide) groups is 1. The zero-order valence-electron chi connectivity index (χ0n) is 14.9. The molecule has 0 radical (unpaired) electrons. The molecule has 0 aromatic carbocycles. The number of thiazole rings is 1. The average molecular weight is 432 g/mol. The summed E-state index contributed by atoms with van der Waals surface area (Å²) in [4.78, 5) is 18.6. The van der Waals surface area contributed by atoms with Gasteiger partial charge in [-0.2, -0.15) is 0 Å². The first-order valence-electron chi connectivity index (χ1n) is 8.95. The highest BCUT2D eigenvalue weighted by atomic mass is 32.2. The van der Waals surface area contributed by atoms with Crippen LogP contribution in [0.25, 0.3) is 15.7 Å². The topological polar surface area (TPSA) is 74.3 Å². The first-order valence-corrected chi connectivity index (χ1v) is 11.7. The maximum Gasteiger partial charge on any atom is 0.258 e. The summed E-state index contributed by atoms with van der Waals surface area (Å²) in [7, 11) is 0. The van der Waals surface area contributed by atoms with E-state index in [1.165, 1.54) is 11.3 Å². The molecule has 28 heavy (non-hydrogen) atoms. The first-order chi connectivity index (χ1) is 13.8. The largest absolute Gasteiger partial charge is 0.376 e. The summed E-state index contributed by atoms with van der Waals surface area (Å²) < 4.78 is 9.54. The number of hydrogen-bond acceptors (Lipinski definition) is 8. The minimum atomic E-state index is -0.0538. The van der Waals surface area contributed by atoms with E-state index in [0.29, 0.717) is 10.7 Å². The molecule has 1 aliphatic heterocycles. The highest BCUT2D eigenvalue weighted by Gasteiger charge is 2.22. The fourth-order valence-electron chi connectivity index (χ4n) is 3.24. The number of thiophene rings is 1. The van der Waals surface area contributed by atoms with E-state index in [-0.39, 0.29) is 11.7 Å². The average Bonchev–Trinajstić information content (AvgIpc) is 3.47. The number of fused-ring (bicyclic) bond motifs is 1. The summed E-state index contributed by atoms with van der Waals surface area (Å²) in [6.45, 7) is 1.56. The van der Waals surface area contributed by atoms with Gasteiger partial charge in [-0.05, 0) is 24.3 Å². The molecular formula is C18H17N5O2S3. The van der Waals surface area contributed by atoms with Crippen LogP contribution in [-0.4, -0.2) is 36.9 Å². The van der Waals surface area contributed by atoms with Crippen LogP contribution in [0.1, 0.15) is 18.5 Å². The Hall–Kier alpha value is -2.01. The van der Waals surface area contributed by atoms with Gasteiger partial charge in [0.05, 0.1) is 23.2 Å². The molecule has 0 amide bonds. The lowest BCUT2D eigenvalue weighted by Gasteiger charge is -2.14. The van der Waals surface area contributed by atoms with Crippen LogP contribution in [0.3, 0.4) is 0 Å². The summed E-state index contributed by atoms with van der Waals surface area (Å²) in [5, 5.41) is 13.6. The van der Waals surface area contributed by atoms with Crippen LogP contribution in [0.4, 0.5) is 0 Å². The molecule has 1 fully saturated rings. The van der Waals surface area contributed by atoms with Gasteiger partial charge in [-0.3, -0.25) is 13.8 Å². The monoisotopic (exact) mass is 431 g/mol. The molecule has 0 saturated carbocycles. The molecule has 144 valence electrons. The summed E-state index contributed by atoms with van der Waals surface area (Å²) in [6, 6.07) is 5.67. The predicted octanol–water partition coefficient (Wildman–Crippen LogP) is 3.55. The van der Waals surface area contributed by atoms with E-state index in [4.69, 9.17) is 4.74 Å². The van der Waals surface area contributed by atoms with Crippen LogP contribution in [0.5, 0.6) is 0 Å². The fourth-order valence-corrected chi connectivity index (χ4v) is 5.54. The smallest absolute Gasteiger partial charge is 0.258 e. The van der Waals surface area contributed by atoms with Crippen molar-refractivity contribution >= 4 is 39.4 Å². The second-order valence-electron chi connectivity index (χ2n) is 6.46. The molecule has 0 spiro atoms. The molecular weight excluding hydrogens is 414 g/mol. The summed E-state index contributed by atoms with van der Waals surface area (Å²) in [5.41, 5.74) is 0.698. The molecule has 1 aliphatic rings. The lowest BCUT2D eigenvalue weighted by atomic mass is 10.2. The number of hydrogen-bond donors (Lipinski definition) is 0. The van der Waals surface area contributed by atoms with Gasteiger partial charge >= 0.3 is 0 Å². The lowest BCUT2D eigenvalue weighted by Crippen LogP contribution is -2.16. The molecule has 10 heteroatoms. The lowest BCUT2D eigenvalue weighted by molar-refractivity contribution is 0.0953. The number of nitrogens with zero attached hydrogens (tertiary/aromatic N) is 5. The van der Waals surface area contributed by atoms with Crippen molar-refractivity contribution in [2.45, 2.75) is 36.4 Å². The second kappa shape index (κ2) is 7.78. The van der Waals surface area contributed by atoms with Gasteiger partial charge in [-0.25, -0.2) is 4.98 Å². The third-order valence-corrected chi connectivity index (χ3v) is 7.20. The molecule has 4 aromatic heterocycles. The van der Waals surface area contributed by atoms with Gasteiger partial charge in [-0.1, -0.05) is 17.8 Å². The van der Waals surface area contributed by atoms with Crippen molar-refractivity contribution in [3.63, 3.8) is 0 Å². The minimum Gasteiger partial charge on any atom is -0.376 e. The van der Waals surface area contributed by atoms with Crippen molar-refractivity contribution in [1.82, 2.24) is 24.1 Å². The van der Waals surface area contributed by atoms with Crippen molar-refractivity contribution in [2.75, 3.05) is 6.61 Å². The maximum atomic E-state index is 12.2. The Morgan fingerprint density at radius 3 is 3.07 bits per heavy atom. The van der Waals surface area contributed by atoms with Gasteiger partial charge < -0.3 is 4.74 Å². The standard InChI is InChI=1S/C18H17N5O2S3/c24-15-9-12(19-17-22(15)5-8-27-17)11-28-18-21-20-16(14-4-2-7-26-14)23(18)10-13-3-1-6-25-13/h2,4-5,7-9,13H,1,3,6,10-11H2/t13-/m1/s1. The van der Waals surface area contributed by atoms with Crippen molar-refractivity contribution in [1.29, 1.82) is 0 Å². The molecule has 7 nitrogen and oxygen atoms in total. The highest BCUT2D eigenvalue weighted by molar-refractivity contribution is 7.98. The van der Waals surface area contributed by atoms with Gasteiger partial charge in [-0.15, -0.1) is 32.9 Å². The van der Waals surface area contributed by atoms with E-state index in [2.05, 4.69) is 25.8 Å². The quantitative estimate of drug-likeness (QED) is 0.435. The minimum absolute atomic E-state index is 0.0538. The molecule has 0 unspecified atom stereocenters. The Morgan fingerprint density at radius 2 is 2.25 bits per heavy atom. The summed E-state index contributed by atoms with van der Waals surface area (Å²) >= 11 is 4.66. The molecule has 0 aliphatic carbocycles. The zero-order valence-corrected chi connectivity index (χ0v) is 17.3. The van der Waals surface area contributed by atoms with Crippen LogP contribution in [-0.2, 0) is 17.0 Å². The summed E-state index contributed by atoms with van der Waals surface area (Å²) in [6.07, 6.45) is 4.09. The Labute approximate surface area is 173 Å². The predicted molar refractivity (Wildman–Crippen MR) is 111 cm³/mol. The van der Waals surface area contributed by atoms with E-state index in [0.717, 1.165) is 47.5 Å². The number of ether oxygens (including phenoxy) is 1. The molecule has 0 N–H and O–H groups in total. The van der Waals surface area contributed by atoms with Crippen LogP contribution in [0, 0.1) is 0 Å². The van der Waals surface area contributed by atoms with Crippen molar-refractivity contribution in [3.05, 3.63) is 51.2 Å². The molecule has 1 saturated heterocycles. The van der Waals surface area contributed by atoms with Crippen LogP contribution < -0.4 is 5.56 Å². The van der Waals surface area contributed by atoms with Crippen LogP contribution in [0.15, 0.2) is 45.1 Å². The fraction of sp³-hybridized carbons (Fsp3) is 0.333. The molecule has 1 atom stereocenters. The Balaban J connectivity index is 1.42. The number of aromatic nitrogens is 5. The molecule has 5 heterocycles. The third kappa shape index (κ3) is 3.52.